The highest BCUT2D eigenvalue weighted by molar-refractivity contribution is 5.99. The summed E-state index contributed by atoms with van der Waals surface area (Å²) in [7, 11) is 1.71. The largest absolute Gasteiger partial charge is 0.455 e. The fourth-order valence-corrected chi connectivity index (χ4v) is 7.13. The molecule has 10 heteroatoms. The SMILES string of the molecule is C[C@H]1[C@H](c2ccccc2)OC(=O)[C@@H]2[C@H](/C=C\CCC(=O)N1C)O[C@@]13C=CCN(C(C)(C)C)C(=O)[C@@H]1N(CCCCO)C(=O)[C@@H]23. The lowest BCUT2D eigenvalue weighted by atomic mass is 9.77. The van der Waals surface area contributed by atoms with Crippen molar-refractivity contribution in [1.82, 2.24) is 14.7 Å². The predicted octanol–water partition coefficient (Wildman–Crippen LogP) is 3.02. The molecule has 4 heterocycles. The zero-order chi connectivity index (χ0) is 31.8. The molecule has 1 aromatic carbocycles. The first-order chi connectivity index (χ1) is 20.9. The number of cyclic esters (lactones) is 1. The van der Waals surface area contributed by atoms with Gasteiger partial charge in [-0.15, -0.1) is 0 Å². The fraction of sp³-hybridized carbons (Fsp3) is 0.588. The Bertz CT molecular complexity index is 1320. The second kappa shape index (κ2) is 12.5. The second-order valence-corrected chi connectivity index (χ2v) is 13.3. The van der Waals surface area contributed by atoms with E-state index in [9.17, 15) is 24.3 Å². The summed E-state index contributed by atoms with van der Waals surface area (Å²) < 4.78 is 13.0. The molecule has 1 aromatic rings. The number of benzene rings is 1. The number of nitrogens with zero attached hydrogens (tertiary/aromatic N) is 3. The molecular formula is C34H45N3O7. The van der Waals surface area contributed by atoms with Gasteiger partial charge >= 0.3 is 5.97 Å². The van der Waals surface area contributed by atoms with Crippen molar-refractivity contribution < 1.29 is 33.8 Å². The van der Waals surface area contributed by atoms with Gasteiger partial charge in [0.2, 0.25) is 17.7 Å². The van der Waals surface area contributed by atoms with Gasteiger partial charge in [0.15, 0.2) is 0 Å². The van der Waals surface area contributed by atoms with E-state index >= 15 is 0 Å². The van der Waals surface area contributed by atoms with Gasteiger partial charge in [-0.3, -0.25) is 19.2 Å². The number of hydrogen-bond donors (Lipinski definition) is 1. The Morgan fingerprint density at radius 3 is 2.43 bits per heavy atom. The molecule has 7 atom stereocenters. The van der Waals surface area contributed by atoms with Crippen molar-refractivity contribution in [1.29, 1.82) is 0 Å². The van der Waals surface area contributed by atoms with E-state index in [2.05, 4.69) is 0 Å². The quantitative estimate of drug-likeness (QED) is 0.311. The van der Waals surface area contributed by atoms with Crippen LogP contribution in [-0.4, -0.2) is 99.6 Å². The molecule has 4 aliphatic rings. The number of carbonyl (C=O) groups is 4. The Hall–Kier alpha value is -3.50. The Balaban J connectivity index is 1.61. The third-order valence-electron chi connectivity index (χ3n) is 9.55. The zero-order valence-electron chi connectivity index (χ0n) is 26.3. The Morgan fingerprint density at radius 1 is 1.02 bits per heavy atom. The first-order valence-corrected chi connectivity index (χ1v) is 15.7. The minimum absolute atomic E-state index is 0.0302. The van der Waals surface area contributed by atoms with Crippen LogP contribution in [0.25, 0.3) is 0 Å². The molecule has 0 saturated carbocycles. The molecule has 10 nitrogen and oxygen atoms in total. The first-order valence-electron chi connectivity index (χ1n) is 15.7. The molecule has 1 spiro atoms. The van der Waals surface area contributed by atoms with Crippen LogP contribution < -0.4 is 0 Å². The Labute approximate surface area is 259 Å². The van der Waals surface area contributed by atoms with Crippen LogP contribution >= 0.6 is 0 Å². The van der Waals surface area contributed by atoms with Crippen molar-refractivity contribution in [3.63, 3.8) is 0 Å². The van der Waals surface area contributed by atoms with Gasteiger partial charge in [-0.1, -0.05) is 54.6 Å². The average molecular weight is 608 g/mol. The maximum atomic E-state index is 14.4. The summed E-state index contributed by atoms with van der Waals surface area (Å²) in [5, 5.41) is 9.45. The number of fused-ring (bicyclic) bond motifs is 2. The number of rotatable bonds is 5. The molecular weight excluding hydrogens is 562 g/mol. The molecule has 3 amide bonds. The summed E-state index contributed by atoms with van der Waals surface area (Å²) in [5.74, 6) is -3.25. The third kappa shape index (κ3) is 5.58. The van der Waals surface area contributed by atoms with E-state index in [0.29, 0.717) is 25.8 Å². The van der Waals surface area contributed by atoms with E-state index in [-0.39, 0.29) is 37.3 Å². The van der Waals surface area contributed by atoms with Crippen LogP contribution in [0.2, 0.25) is 0 Å². The van der Waals surface area contributed by atoms with Gasteiger partial charge in [0.05, 0.1) is 18.1 Å². The minimum Gasteiger partial charge on any atom is -0.455 e. The van der Waals surface area contributed by atoms with Gasteiger partial charge in [-0.25, -0.2) is 0 Å². The number of hydrogen-bond acceptors (Lipinski definition) is 7. The maximum absolute atomic E-state index is 14.4. The predicted molar refractivity (Wildman–Crippen MR) is 163 cm³/mol. The molecule has 2 saturated heterocycles. The zero-order valence-corrected chi connectivity index (χ0v) is 26.3. The Morgan fingerprint density at radius 2 is 1.75 bits per heavy atom. The number of allylic oxidation sites excluding steroid dienone is 1. The van der Waals surface area contributed by atoms with Crippen LogP contribution in [0.3, 0.4) is 0 Å². The van der Waals surface area contributed by atoms with Crippen molar-refractivity contribution in [2.75, 3.05) is 26.7 Å². The average Bonchev–Trinajstić information content (AvgIpc) is 3.36. The van der Waals surface area contributed by atoms with Crippen molar-refractivity contribution in [3.8, 4) is 0 Å². The van der Waals surface area contributed by atoms with Crippen molar-refractivity contribution in [2.45, 2.75) is 88.8 Å². The van der Waals surface area contributed by atoms with E-state index in [4.69, 9.17) is 9.47 Å². The molecule has 0 radical (unpaired) electrons. The van der Waals surface area contributed by atoms with Crippen LogP contribution in [-0.2, 0) is 28.7 Å². The van der Waals surface area contributed by atoms with Gasteiger partial charge in [-0.05, 0) is 52.5 Å². The number of amides is 3. The topological polar surface area (TPSA) is 117 Å². The number of carbonyl (C=O) groups excluding carboxylic acids is 4. The molecule has 0 aromatic heterocycles. The third-order valence-corrected chi connectivity index (χ3v) is 9.55. The van der Waals surface area contributed by atoms with Crippen LogP contribution in [0.1, 0.15) is 65.0 Å². The van der Waals surface area contributed by atoms with Crippen molar-refractivity contribution >= 4 is 23.7 Å². The molecule has 1 N–H and O–H groups in total. The van der Waals surface area contributed by atoms with Crippen molar-refractivity contribution in [2.24, 2.45) is 11.8 Å². The normalized spacial score (nSPS) is 33.6. The van der Waals surface area contributed by atoms with E-state index in [1.54, 1.807) is 27.8 Å². The lowest BCUT2D eigenvalue weighted by Gasteiger charge is -2.40. The van der Waals surface area contributed by atoms with Gasteiger partial charge in [0.1, 0.15) is 23.7 Å². The summed E-state index contributed by atoms with van der Waals surface area (Å²) in [6.07, 6.45) is 7.30. The highest BCUT2D eigenvalue weighted by Crippen LogP contribution is 2.53. The molecule has 44 heavy (non-hydrogen) atoms. The summed E-state index contributed by atoms with van der Waals surface area (Å²) in [6.45, 7) is 8.27. The number of aliphatic hydroxyl groups is 1. The number of unbranched alkanes of at least 4 members (excludes halogenated alkanes) is 1. The fourth-order valence-electron chi connectivity index (χ4n) is 7.13. The highest BCUT2D eigenvalue weighted by atomic mass is 16.6. The molecule has 5 rings (SSSR count). The number of esters is 1. The maximum Gasteiger partial charge on any atom is 0.313 e. The molecule has 0 unspecified atom stereocenters. The number of aliphatic hydroxyl groups excluding tert-OH is 1. The van der Waals surface area contributed by atoms with Crippen LogP contribution in [0, 0.1) is 11.8 Å². The minimum atomic E-state index is -1.38. The summed E-state index contributed by atoms with van der Waals surface area (Å²) >= 11 is 0. The molecule has 2 fully saturated rings. The van der Waals surface area contributed by atoms with Gasteiger partial charge in [-0.2, -0.15) is 0 Å². The van der Waals surface area contributed by atoms with E-state index in [0.717, 1.165) is 5.56 Å². The number of ether oxygens (including phenoxy) is 2. The molecule has 0 bridgehead atoms. The standard InChI is InChI=1S/C34H45N3O7/c1-22-28(23-14-7-6-8-15-23)43-32(42)26-24(16-9-10-17-25(39)35(22)5)44-34-18-13-20-37(33(2,3)4)31(41)29(34)36(19-11-12-21-38)30(40)27(26)34/h6-9,13-16,18,22,24,26-29,38H,10-12,17,19-21H2,1-5H3/b16-9-/t22-,24-,26+,27+,28+,29-,34+/m0/s1. The smallest absolute Gasteiger partial charge is 0.313 e. The lowest BCUT2D eigenvalue weighted by molar-refractivity contribution is -0.164. The highest BCUT2D eigenvalue weighted by Gasteiger charge is 2.72. The molecule has 0 aliphatic carbocycles. The van der Waals surface area contributed by atoms with Crippen molar-refractivity contribution in [3.05, 3.63) is 60.2 Å². The second-order valence-electron chi connectivity index (χ2n) is 13.3. The van der Waals surface area contributed by atoms with Crippen LogP contribution in [0.4, 0.5) is 0 Å². The lowest BCUT2D eigenvalue weighted by Crippen LogP contribution is -2.58. The first kappa shape index (κ1) is 31.9. The molecule has 238 valence electrons. The molecule has 4 aliphatic heterocycles. The van der Waals surface area contributed by atoms with E-state index in [1.165, 1.54) is 0 Å². The van der Waals surface area contributed by atoms with Crippen LogP contribution in [0.15, 0.2) is 54.6 Å². The summed E-state index contributed by atoms with van der Waals surface area (Å²) in [6, 6.07) is 7.84. The summed E-state index contributed by atoms with van der Waals surface area (Å²) in [4.78, 5) is 61.1. The van der Waals surface area contributed by atoms with Gasteiger partial charge in [0.25, 0.3) is 0 Å². The van der Waals surface area contributed by atoms with Gasteiger partial charge in [0, 0.05) is 38.7 Å². The Kier molecular flexibility index (Phi) is 9.05. The van der Waals surface area contributed by atoms with E-state index < -0.39 is 53.2 Å². The number of likely N-dealkylation sites (tertiary alicyclic amines) is 1. The monoisotopic (exact) mass is 607 g/mol. The summed E-state index contributed by atoms with van der Waals surface area (Å²) in [5.41, 5.74) is -1.17. The van der Waals surface area contributed by atoms with Crippen LogP contribution in [0.5, 0.6) is 0 Å². The van der Waals surface area contributed by atoms with E-state index in [1.807, 2.05) is 76.3 Å². The number of likely N-dealkylation sites (N-methyl/N-ethyl adjacent to an activating group) is 1. The van der Waals surface area contributed by atoms with Gasteiger partial charge < -0.3 is 29.3 Å².